The van der Waals surface area contributed by atoms with Crippen molar-refractivity contribution in [3.8, 4) is 0 Å². The number of hydrogen-bond donors (Lipinski definition) is 0. The zero-order valence-electron chi connectivity index (χ0n) is 12.2. The van der Waals surface area contributed by atoms with Crippen LogP contribution in [0.4, 0.5) is 18.4 Å². The topological polar surface area (TPSA) is 49.9 Å². The standard InChI is InChI=1S/C15H18F2N2O3/c1-2-22-15(21)19-12(8-13(16)17)10-18(14(19)20)9-11-6-4-3-5-7-11/h3-7,12-13H,2,8-10H2,1H3. The normalized spacial score (nSPS) is 18.2. The van der Waals surface area contributed by atoms with Crippen molar-refractivity contribution >= 4 is 12.1 Å². The maximum absolute atomic E-state index is 12.7. The van der Waals surface area contributed by atoms with E-state index in [1.165, 1.54) is 4.90 Å². The van der Waals surface area contributed by atoms with E-state index in [1.807, 2.05) is 30.3 Å². The van der Waals surface area contributed by atoms with Gasteiger partial charge in [-0.25, -0.2) is 23.3 Å². The number of halogens is 2. The first-order valence-electron chi connectivity index (χ1n) is 7.10. The van der Waals surface area contributed by atoms with Crippen LogP contribution in [0, 0.1) is 0 Å². The molecule has 2 rings (SSSR count). The van der Waals surface area contributed by atoms with Gasteiger partial charge in [0, 0.05) is 19.5 Å². The molecule has 0 bridgehead atoms. The SMILES string of the molecule is CCOC(=O)N1C(=O)N(Cc2ccccc2)CC1CC(F)F. The lowest BCUT2D eigenvalue weighted by Crippen LogP contribution is -2.41. The van der Waals surface area contributed by atoms with E-state index in [1.54, 1.807) is 6.92 Å². The van der Waals surface area contributed by atoms with Crippen molar-refractivity contribution < 1.29 is 23.1 Å². The molecule has 1 fully saturated rings. The van der Waals surface area contributed by atoms with Gasteiger partial charge in [0.2, 0.25) is 6.43 Å². The number of carbonyl (C=O) groups is 2. The lowest BCUT2D eigenvalue weighted by molar-refractivity contribution is 0.0846. The van der Waals surface area contributed by atoms with E-state index in [4.69, 9.17) is 4.74 Å². The van der Waals surface area contributed by atoms with Crippen LogP contribution in [0.15, 0.2) is 30.3 Å². The van der Waals surface area contributed by atoms with Crippen molar-refractivity contribution in [2.45, 2.75) is 32.4 Å². The zero-order valence-corrected chi connectivity index (χ0v) is 12.2. The molecule has 0 aliphatic carbocycles. The van der Waals surface area contributed by atoms with E-state index in [0.717, 1.165) is 10.5 Å². The van der Waals surface area contributed by atoms with Crippen LogP contribution >= 0.6 is 0 Å². The van der Waals surface area contributed by atoms with Crippen LogP contribution in [0.5, 0.6) is 0 Å². The van der Waals surface area contributed by atoms with E-state index < -0.39 is 31.0 Å². The molecule has 1 unspecified atom stereocenters. The van der Waals surface area contributed by atoms with Gasteiger partial charge in [-0.3, -0.25) is 0 Å². The maximum atomic E-state index is 12.7. The van der Waals surface area contributed by atoms with Gasteiger partial charge in [0.25, 0.3) is 0 Å². The van der Waals surface area contributed by atoms with E-state index >= 15 is 0 Å². The third kappa shape index (κ3) is 3.72. The maximum Gasteiger partial charge on any atom is 0.418 e. The van der Waals surface area contributed by atoms with Crippen LogP contribution in [0.1, 0.15) is 18.9 Å². The van der Waals surface area contributed by atoms with Crippen LogP contribution in [0.25, 0.3) is 0 Å². The minimum Gasteiger partial charge on any atom is -0.449 e. The molecule has 5 nitrogen and oxygen atoms in total. The summed E-state index contributed by atoms with van der Waals surface area (Å²) in [7, 11) is 0. The molecular formula is C15H18F2N2O3. The molecule has 1 aromatic rings. The summed E-state index contributed by atoms with van der Waals surface area (Å²) >= 11 is 0. The first-order valence-corrected chi connectivity index (χ1v) is 7.10. The summed E-state index contributed by atoms with van der Waals surface area (Å²) in [5.41, 5.74) is 0.873. The third-order valence-electron chi connectivity index (χ3n) is 3.40. The van der Waals surface area contributed by atoms with Crippen LogP contribution in [0.3, 0.4) is 0 Å². The number of ether oxygens (including phenoxy) is 1. The third-order valence-corrected chi connectivity index (χ3v) is 3.40. The molecule has 1 aliphatic rings. The fraction of sp³-hybridized carbons (Fsp3) is 0.467. The van der Waals surface area contributed by atoms with Gasteiger partial charge in [-0.05, 0) is 12.5 Å². The molecule has 0 spiro atoms. The molecule has 0 aromatic heterocycles. The monoisotopic (exact) mass is 312 g/mol. The highest BCUT2D eigenvalue weighted by Crippen LogP contribution is 2.24. The van der Waals surface area contributed by atoms with E-state index in [9.17, 15) is 18.4 Å². The number of alkyl halides is 2. The second kappa shape index (κ2) is 7.20. The molecule has 1 saturated heterocycles. The first-order chi connectivity index (χ1) is 10.5. The van der Waals surface area contributed by atoms with E-state index in [2.05, 4.69) is 0 Å². The van der Waals surface area contributed by atoms with Crippen molar-refractivity contribution in [2.24, 2.45) is 0 Å². The van der Waals surface area contributed by atoms with Gasteiger partial charge in [-0.2, -0.15) is 0 Å². The highest BCUT2D eigenvalue weighted by molar-refractivity contribution is 5.93. The number of amides is 3. The van der Waals surface area contributed by atoms with Gasteiger partial charge in [0.05, 0.1) is 12.6 Å². The second-order valence-electron chi connectivity index (χ2n) is 5.00. The van der Waals surface area contributed by atoms with Crippen molar-refractivity contribution in [1.29, 1.82) is 0 Å². The molecule has 1 atom stereocenters. The molecule has 1 heterocycles. The Labute approximate surface area is 127 Å². The quantitative estimate of drug-likeness (QED) is 0.839. The minimum absolute atomic E-state index is 0.0802. The van der Waals surface area contributed by atoms with Gasteiger partial charge in [0.15, 0.2) is 0 Å². The van der Waals surface area contributed by atoms with Crippen molar-refractivity contribution in [2.75, 3.05) is 13.2 Å². The molecule has 1 aliphatic heterocycles. The molecule has 0 saturated carbocycles. The summed E-state index contributed by atoms with van der Waals surface area (Å²) in [5.74, 6) is 0. The van der Waals surface area contributed by atoms with Gasteiger partial charge < -0.3 is 9.64 Å². The summed E-state index contributed by atoms with van der Waals surface area (Å²) in [4.78, 5) is 26.4. The summed E-state index contributed by atoms with van der Waals surface area (Å²) in [6, 6.07) is 7.72. The number of urea groups is 1. The van der Waals surface area contributed by atoms with Crippen LogP contribution < -0.4 is 0 Å². The lowest BCUT2D eigenvalue weighted by atomic mass is 10.2. The predicted molar refractivity (Wildman–Crippen MR) is 75.5 cm³/mol. The second-order valence-corrected chi connectivity index (χ2v) is 5.00. The first kappa shape index (κ1) is 16.2. The Bertz CT molecular complexity index is 525. The Morgan fingerprint density at radius 2 is 2.05 bits per heavy atom. The Kier molecular flexibility index (Phi) is 5.30. The van der Waals surface area contributed by atoms with Gasteiger partial charge >= 0.3 is 12.1 Å². The largest absolute Gasteiger partial charge is 0.449 e. The molecule has 1 aromatic carbocycles. The molecule has 120 valence electrons. The molecule has 3 amide bonds. The summed E-state index contributed by atoms with van der Waals surface area (Å²) < 4.78 is 30.2. The minimum atomic E-state index is -2.59. The molecule has 0 N–H and O–H groups in total. The fourth-order valence-corrected chi connectivity index (χ4v) is 2.46. The number of carbonyl (C=O) groups excluding carboxylic acids is 2. The highest BCUT2D eigenvalue weighted by Gasteiger charge is 2.43. The predicted octanol–water partition coefficient (Wildman–Crippen LogP) is 3.10. The summed E-state index contributed by atoms with van der Waals surface area (Å²) in [6.45, 7) is 2.04. The Hall–Kier alpha value is -2.18. The van der Waals surface area contributed by atoms with E-state index in [-0.39, 0.29) is 19.7 Å². The highest BCUT2D eigenvalue weighted by atomic mass is 19.3. The van der Waals surface area contributed by atoms with Crippen molar-refractivity contribution in [3.05, 3.63) is 35.9 Å². The zero-order chi connectivity index (χ0) is 16.1. The Balaban J connectivity index is 2.13. The molecule has 0 radical (unpaired) electrons. The number of nitrogens with zero attached hydrogens (tertiary/aromatic N) is 2. The van der Waals surface area contributed by atoms with Gasteiger partial charge in [-0.15, -0.1) is 0 Å². The van der Waals surface area contributed by atoms with Gasteiger partial charge in [0.1, 0.15) is 0 Å². The number of benzene rings is 1. The van der Waals surface area contributed by atoms with E-state index in [0.29, 0.717) is 0 Å². The fourth-order valence-electron chi connectivity index (χ4n) is 2.46. The lowest BCUT2D eigenvalue weighted by Gasteiger charge is -2.20. The molecular weight excluding hydrogens is 294 g/mol. The molecule has 7 heteroatoms. The van der Waals surface area contributed by atoms with Crippen LogP contribution in [-0.2, 0) is 11.3 Å². The smallest absolute Gasteiger partial charge is 0.418 e. The number of hydrogen-bond acceptors (Lipinski definition) is 3. The number of imide groups is 1. The van der Waals surface area contributed by atoms with Crippen molar-refractivity contribution in [1.82, 2.24) is 9.80 Å². The average Bonchev–Trinajstić information content (AvgIpc) is 2.75. The summed E-state index contributed by atoms with van der Waals surface area (Å²) in [6.07, 6.45) is -4.00. The Morgan fingerprint density at radius 1 is 1.36 bits per heavy atom. The number of rotatable bonds is 5. The van der Waals surface area contributed by atoms with Gasteiger partial charge in [-0.1, -0.05) is 30.3 Å². The van der Waals surface area contributed by atoms with Crippen LogP contribution in [0.2, 0.25) is 0 Å². The van der Waals surface area contributed by atoms with Crippen LogP contribution in [-0.4, -0.2) is 47.5 Å². The average molecular weight is 312 g/mol. The van der Waals surface area contributed by atoms with Crippen molar-refractivity contribution in [3.63, 3.8) is 0 Å². The molecule has 22 heavy (non-hydrogen) atoms. The summed E-state index contributed by atoms with van der Waals surface area (Å²) in [5, 5.41) is 0. The Morgan fingerprint density at radius 3 is 2.64 bits per heavy atom.